The van der Waals surface area contributed by atoms with Crippen molar-refractivity contribution in [2.75, 3.05) is 24.4 Å². The number of anilines is 2. The van der Waals surface area contributed by atoms with Gasteiger partial charge in [-0.3, -0.25) is 0 Å². The number of ether oxygens (including phenoxy) is 2. The fourth-order valence-corrected chi connectivity index (χ4v) is 3.59. The summed E-state index contributed by atoms with van der Waals surface area (Å²) in [4.78, 5) is 24.4. The Kier molecular flexibility index (Phi) is 5.74. The van der Waals surface area contributed by atoms with Crippen LogP contribution in [0.2, 0.25) is 0 Å². The van der Waals surface area contributed by atoms with Crippen molar-refractivity contribution in [3.63, 3.8) is 0 Å². The van der Waals surface area contributed by atoms with E-state index in [0.29, 0.717) is 34.4 Å². The van der Waals surface area contributed by atoms with Crippen molar-refractivity contribution in [1.29, 1.82) is 0 Å². The third-order valence-electron chi connectivity index (χ3n) is 3.74. The van der Waals surface area contributed by atoms with Gasteiger partial charge in [-0.1, -0.05) is 0 Å². The number of fused-ring (bicyclic) bond motifs is 1. The number of halogens is 2. The van der Waals surface area contributed by atoms with Crippen LogP contribution in [0.15, 0.2) is 36.4 Å². The van der Waals surface area contributed by atoms with Crippen LogP contribution in [0, 0.1) is 11.6 Å². The minimum absolute atomic E-state index is 0.154. The summed E-state index contributed by atoms with van der Waals surface area (Å²) in [6, 6.07) is 7.14. The summed E-state index contributed by atoms with van der Waals surface area (Å²) in [5.74, 6) is -1.76. The van der Waals surface area contributed by atoms with Crippen molar-refractivity contribution in [3.05, 3.63) is 52.9 Å². The van der Waals surface area contributed by atoms with Gasteiger partial charge in [0.2, 0.25) is 0 Å². The van der Waals surface area contributed by atoms with Gasteiger partial charge >= 0.3 is 12.0 Å². The van der Waals surface area contributed by atoms with Crippen LogP contribution >= 0.6 is 11.3 Å². The molecule has 0 radical (unpaired) electrons. The van der Waals surface area contributed by atoms with Crippen molar-refractivity contribution in [3.8, 4) is 5.75 Å². The van der Waals surface area contributed by atoms with E-state index in [4.69, 9.17) is 9.47 Å². The lowest BCUT2D eigenvalue weighted by atomic mass is 10.2. The first kappa shape index (κ1) is 19.6. The summed E-state index contributed by atoms with van der Waals surface area (Å²) in [6.07, 6.45) is 0. The quantitative estimate of drug-likeness (QED) is 0.584. The number of amides is 2. The van der Waals surface area contributed by atoms with E-state index < -0.39 is 23.6 Å². The Morgan fingerprint density at radius 1 is 1.11 bits per heavy atom. The van der Waals surface area contributed by atoms with Crippen molar-refractivity contribution in [1.82, 2.24) is 0 Å². The number of carbonyl (C=O) groups is 2. The Labute approximate surface area is 163 Å². The van der Waals surface area contributed by atoms with Gasteiger partial charge in [0.05, 0.1) is 19.4 Å². The zero-order valence-electron chi connectivity index (χ0n) is 15.0. The lowest BCUT2D eigenvalue weighted by molar-refractivity contribution is 0.0602. The van der Waals surface area contributed by atoms with Crippen LogP contribution in [-0.2, 0) is 4.74 Å². The van der Waals surface area contributed by atoms with Gasteiger partial charge in [-0.2, -0.15) is 0 Å². The van der Waals surface area contributed by atoms with Gasteiger partial charge in [0.1, 0.15) is 11.6 Å². The van der Waals surface area contributed by atoms with E-state index in [1.54, 1.807) is 25.1 Å². The maximum Gasteiger partial charge on any atom is 0.351 e. The molecule has 0 fully saturated rings. The molecule has 0 aliphatic heterocycles. The Bertz CT molecular complexity index is 1050. The molecule has 0 unspecified atom stereocenters. The van der Waals surface area contributed by atoms with Crippen LogP contribution in [0.5, 0.6) is 5.75 Å². The second-order valence-electron chi connectivity index (χ2n) is 5.60. The predicted molar refractivity (Wildman–Crippen MR) is 103 cm³/mol. The number of thiophene rings is 1. The Hall–Kier alpha value is -3.20. The number of esters is 1. The molecule has 2 amide bonds. The molecule has 146 valence electrons. The molecule has 0 aliphatic rings. The number of carbonyl (C=O) groups excluding carboxylic acids is 2. The van der Waals surface area contributed by atoms with Crippen LogP contribution in [-0.4, -0.2) is 25.7 Å². The molecule has 6 nitrogen and oxygen atoms in total. The maximum atomic E-state index is 13.7. The highest BCUT2D eigenvalue weighted by Crippen LogP contribution is 2.39. The second kappa shape index (κ2) is 8.22. The van der Waals surface area contributed by atoms with E-state index in [2.05, 4.69) is 10.6 Å². The Morgan fingerprint density at radius 2 is 1.89 bits per heavy atom. The molecule has 3 aromatic rings. The maximum absolute atomic E-state index is 13.7. The van der Waals surface area contributed by atoms with Gasteiger partial charge in [-0.05, 0) is 37.3 Å². The zero-order chi connectivity index (χ0) is 20.3. The molecule has 0 saturated heterocycles. The van der Waals surface area contributed by atoms with Gasteiger partial charge < -0.3 is 20.1 Å². The number of hydrogen-bond acceptors (Lipinski definition) is 5. The third kappa shape index (κ3) is 4.04. The van der Waals surface area contributed by atoms with E-state index in [1.807, 2.05) is 0 Å². The van der Waals surface area contributed by atoms with Crippen molar-refractivity contribution in [2.45, 2.75) is 6.92 Å². The standard InChI is InChI=1S/C19H16F2N2O4S/c1-3-27-16-12-9-11(5-7-15(12)28-17(16)18(24)26-2)22-19(25)23-14-6-4-10(20)8-13(14)21/h4-9H,3H2,1-2H3,(H2,22,23,25). The monoisotopic (exact) mass is 406 g/mol. The lowest BCUT2D eigenvalue weighted by Crippen LogP contribution is -2.20. The van der Waals surface area contributed by atoms with Crippen molar-refractivity contribution >= 4 is 44.8 Å². The molecule has 9 heteroatoms. The predicted octanol–water partition coefficient (Wildman–Crippen LogP) is 5.01. The number of methoxy groups -OCH3 is 1. The topological polar surface area (TPSA) is 76.7 Å². The molecular weight excluding hydrogens is 390 g/mol. The highest BCUT2D eigenvalue weighted by atomic mass is 32.1. The molecule has 28 heavy (non-hydrogen) atoms. The summed E-state index contributed by atoms with van der Waals surface area (Å²) < 4.78 is 37.8. The Morgan fingerprint density at radius 3 is 2.57 bits per heavy atom. The molecular formula is C19H16F2N2O4S. The van der Waals surface area contributed by atoms with Crippen LogP contribution in [0.25, 0.3) is 10.1 Å². The molecule has 0 aliphatic carbocycles. The van der Waals surface area contributed by atoms with Gasteiger partial charge in [-0.15, -0.1) is 11.3 Å². The van der Waals surface area contributed by atoms with E-state index in [9.17, 15) is 18.4 Å². The Balaban J connectivity index is 1.86. The normalized spacial score (nSPS) is 10.6. The zero-order valence-corrected chi connectivity index (χ0v) is 15.8. The van der Waals surface area contributed by atoms with E-state index in [0.717, 1.165) is 16.8 Å². The van der Waals surface area contributed by atoms with E-state index in [1.165, 1.54) is 18.4 Å². The fourth-order valence-electron chi connectivity index (χ4n) is 2.54. The van der Waals surface area contributed by atoms with Gasteiger partial charge in [0.25, 0.3) is 0 Å². The molecule has 3 rings (SSSR count). The molecule has 2 aromatic carbocycles. The van der Waals surface area contributed by atoms with Gasteiger partial charge in [0.15, 0.2) is 10.6 Å². The SMILES string of the molecule is CCOc1c(C(=O)OC)sc2ccc(NC(=O)Nc3ccc(F)cc3F)cc12. The lowest BCUT2D eigenvalue weighted by Gasteiger charge is -2.09. The van der Waals surface area contributed by atoms with Crippen LogP contribution in [0.1, 0.15) is 16.6 Å². The van der Waals surface area contributed by atoms with Crippen molar-refractivity contribution in [2.24, 2.45) is 0 Å². The summed E-state index contributed by atoms with van der Waals surface area (Å²) >= 11 is 1.22. The molecule has 1 heterocycles. The molecule has 0 spiro atoms. The number of nitrogens with one attached hydrogen (secondary N) is 2. The van der Waals surface area contributed by atoms with Gasteiger partial charge in [0, 0.05) is 21.8 Å². The summed E-state index contributed by atoms with van der Waals surface area (Å²) in [6.45, 7) is 2.13. The first-order chi connectivity index (χ1) is 13.4. The van der Waals surface area contributed by atoms with Gasteiger partial charge in [-0.25, -0.2) is 18.4 Å². The average molecular weight is 406 g/mol. The van der Waals surface area contributed by atoms with Crippen molar-refractivity contribution < 1.29 is 27.8 Å². The largest absolute Gasteiger partial charge is 0.491 e. The number of rotatable bonds is 5. The number of benzene rings is 2. The molecule has 0 bridgehead atoms. The molecule has 2 N–H and O–H groups in total. The van der Waals surface area contributed by atoms with E-state index in [-0.39, 0.29) is 5.69 Å². The summed E-state index contributed by atoms with van der Waals surface area (Å²) in [5.41, 5.74) is 0.251. The molecule has 0 atom stereocenters. The minimum Gasteiger partial charge on any atom is -0.491 e. The highest BCUT2D eigenvalue weighted by Gasteiger charge is 2.21. The third-order valence-corrected chi connectivity index (χ3v) is 4.87. The summed E-state index contributed by atoms with van der Waals surface area (Å²) in [7, 11) is 1.29. The molecule has 1 aromatic heterocycles. The first-order valence-electron chi connectivity index (χ1n) is 8.23. The van der Waals surface area contributed by atoms with Crippen LogP contribution in [0.4, 0.5) is 25.0 Å². The fraction of sp³-hybridized carbons (Fsp3) is 0.158. The first-order valence-corrected chi connectivity index (χ1v) is 9.05. The summed E-state index contributed by atoms with van der Waals surface area (Å²) in [5, 5.41) is 5.52. The molecule has 0 saturated carbocycles. The van der Waals surface area contributed by atoms with Crippen LogP contribution < -0.4 is 15.4 Å². The highest BCUT2D eigenvalue weighted by molar-refractivity contribution is 7.21. The average Bonchev–Trinajstić information content (AvgIpc) is 3.02. The smallest absolute Gasteiger partial charge is 0.351 e. The number of urea groups is 1. The minimum atomic E-state index is -0.884. The number of hydrogen-bond donors (Lipinski definition) is 2. The second-order valence-corrected chi connectivity index (χ2v) is 6.65. The van der Waals surface area contributed by atoms with Crippen LogP contribution in [0.3, 0.4) is 0 Å². The van der Waals surface area contributed by atoms with E-state index >= 15 is 0 Å².